The van der Waals surface area contributed by atoms with Crippen LogP contribution in [0.3, 0.4) is 0 Å². The van der Waals surface area contributed by atoms with E-state index < -0.39 is 0 Å². The number of rotatable bonds is 2. The van der Waals surface area contributed by atoms with Gasteiger partial charge in [-0.15, -0.1) is 0 Å². The average molecular weight is 300 g/mol. The van der Waals surface area contributed by atoms with Gasteiger partial charge in [-0.1, -0.05) is 0 Å². The van der Waals surface area contributed by atoms with Gasteiger partial charge in [0.05, 0.1) is 5.60 Å². The first-order valence-electron chi connectivity index (χ1n) is 7.90. The molecule has 116 valence electrons. The average Bonchev–Trinajstić information content (AvgIpc) is 2.89. The largest absolute Gasteiger partial charge is 0.508 e. The molecule has 1 aliphatic heterocycles. The summed E-state index contributed by atoms with van der Waals surface area (Å²) in [6, 6.07) is 7.00. The van der Waals surface area contributed by atoms with Gasteiger partial charge in [-0.05, 0) is 56.4 Å². The van der Waals surface area contributed by atoms with Crippen LogP contribution in [0.1, 0.15) is 42.6 Å². The molecule has 1 aliphatic carbocycles. The van der Waals surface area contributed by atoms with Gasteiger partial charge >= 0.3 is 0 Å². The van der Waals surface area contributed by atoms with E-state index in [-0.39, 0.29) is 23.3 Å². The molecule has 5 heteroatoms. The van der Waals surface area contributed by atoms with Crippen molar-refractivity contribution in [2.45, 2.75) is 43.7 Å². The van der Waals surface area contributed by atoms with Crippen molar-refractivity contribution in [2.24, 2.45) is 0 Å². The molecule has 2 aliphatic rings. The first-order valence-corrected chi connectivity index (χ1v) is 7.90. The predicted octanol–water partition coefficient (Wildman–Crippen LogP) is 2.71. The molecule has 22 heavy (non-hydrogen) atoms. The number of hydrogen-bond donors (Lipinski definition) is 3. The number of amides is 1. The lowest BCUT2D eigenvalue weighted by Crippen LogP contribution is -2.52. The Hall–Kier alpha value is -2.01. The fourth-order valence-corrected chi connectivity index (χ4v) is 3.58. The molecule has 1 spiro atoms. The number of carbonyl (C=O) groups excluding carboxylic acids is 1. The summed E-state index contributed by atoms with van der Waals surface area (Å²) in [6.45, 7) is 0.728. The number of H-pyrrole nitrogens is 1. The van der Waals surface area contributed by atoms with Crippen LogP contribution in [0.2, 0.25) is 0 Å². The third kappa shape index (κ3) is 2.35. The smallest absolute Gasteiger partial charge is 0.267 e. The summed E-state index contributed by atoms with van der Waals surface area (Å²) in [5.41, 5.74) is 1.42. The van der Waals surface area contributed by atoms with E-state index in [1.807, 2.05) is 0 Å². The summed E-state index contributed by atoms with van der Waals surface area (Å²) < 4.78 is 5.89. The zero-order valence-corrected chi connectivity index (χ0v) is 12.4. The van der Waals surface area contributed by atoms with Crippen LogP contribution in [0.5, 0.6) is 5.75 Å². The molecule has 1 aromatic heterocycles. The number of benzene rings is 1. The van der Waals surface area contributed by atoms with Gasteiger partial charge in [0.15, 0.2) is 0 Å². The Morgan fingerprint density at radius 2 is 2.23 bits per heavy atom. The van der Waals surface area contributed by atoms with Crippen LogP contribution in [0.15, 0.2) is 24.3 Å². The normalized spacial score (nSPS) is 23.4. The highest BCUT2D eigenvalue weighted by atomic mass is 16.5. The molecule has 1 unspecified atom stereocenters. The van der Waals surface area contributed by atoms with E-state index in [1.165, 1.54) is 6.42 Å². The molecule has 2 fully saturated rings. The molecule has 1 saturated heterocycles. The molecule has 3 N–H and O–H groups in total. The second-order valence-electron chi connectivity index (χ2n) is 6.50. The van der Waals surface area contributed by atoms with Crippen molar-refractivity contribution in [3.8, 4) is 5.75 Å². The molecule has 2 heterocycles. The molecule has 0 radical (unpaired) electrons. The lowest BCUT2D eigenvalue weighted by Gasteiger charge is -2.47. The number of aromatic hydroxyl groups is 1. The summed E-state index contributed by atoms with van der Waals surface area (Å²) in [7, 11) is 0. The van der Waals surface area contributed by atoms with Crippen molar-refractivity contribution in [1.82, 2.24) is 10.3 Å². The van der Waals surface area contributed by atoms with Crippen molar-refractivity contribution in [2.75, 3.05) is 6.61 Å². The van der Waals surface area contributed by atoms with Crippen LogP contribution >= 0.6 is 0 Å². The molecule has 1 amide bonds. The number of carbonyl (C=O) groups is 1. The van der Waals surface area contributed by atoms with Crippen molar-refractivity contribution < 1.29 is 14.6 Å². The molecule has 0 bridgehead atoms. The first-order chi connectivity index (χ1) is 10.6. The summed E-state index contributed by atoms with van der Waals surface area (Å²) in [6.07, 6.45) is 5.25. The number of aromatic nitrogens is 1. The Kier molecular flexibility index (Phi) is 3.11. The maximum Gasteiger partial charge on any atom is 0.267 e. The van der Waals surface area contributed by atoms with Crippen molar-refractivity contribution >= 4 is 16.8 Å². The molecule has 1 aromatic carbocycles. The van der Waals surface area contributed by atoms with Gasteiger partial charge in [0, 0.05) is 23.6 Å². The topological polar surface area (TPSA) is 74.3 Å². The third-order valence-corrected chi connectivity index (χ3v) is 4.94. The molecule has 5 nitrogen and oxygen atoms in total. The summed E-state index contributed by atoms with van der Waals surface area (Å²) in [5, 5.41) is 13.5. The summed E-state index contributed by atoms with van der Waals surface area (Å²) in [4.78, 5) is 15.5. The van der Waals surface area contributed by atoms with Crippen LogP contribution in [0.4, 0.5) is 0 Å². The maximum absolute atomic E-state index is 12.4. The van der Waals surface area contributed by atoms with E-state index in [0.717, 1.165) is 43.2 Å². The van der Waals surface area contributed by atoms with E-state index in [4.69, 9.17) is 4.74 Å². The van der Waals surface area contributed by atoms with Crippen LogP contribution in [0.25, 0.3) is 10.9 Å². The Labute approximate surface area is 128 Å². The van der Waals surface area contributed by atoms with Crippen molar-refractivity contribution in [3.05, 3.63) is 30.0 Å². The van der Waals surface area contributed by atoms with Gasteiger partial charge in [-0.2, -0.15) is 0 Å². The van der Waals surface area contributed by atoms with Gasteiger partial charge in [-0.25, -0.2) is 0 Å². The minimum atomic E-state index is -0.0861. The van der Waals surface area contributed by atoms with Gasteiger partial charge in [0.25, 0.3) is 5.91 Å². The highest BCUT2D eigenvalue weighted by Gasteiger charge is 2.42. The van der Waals surface area contributed by atoms with E-state index in [0.29, 0.717) is 5.69 Å². The molecule has 2 aromatic rings. The first kappa shape index (κ1) is 13.6. The fourth-order valence-electron chi connectivity index (χ4n) is 3.58. The number of phenols is 1. The second-order valence-corrected chi connectivity index (χ2v) is 6.50. The van der Waals surface area contributed by atoms with Gasteiger partial charge < -0.3 is 20.1 Å². The van der Waals surface area contributed by atoms with Gasteiger partial charge in [-0.3, -0.25) is 4.79 Å². The zero-order chi connectivity index (χ0) is 15.2. The number of phenolic OH excluding ortho intramolecular Hbond substituents is 1. The van der Waals surface area contributed by atoms with E-state index in [9.17, 15) is 9.90 Å². The number of fused-ring (bicyclic) bond motifs is 1. The van der Waals surface area contributed by atoms with Crippen LogP contribution in [0, 0.1) is 0 Å². The zero-order valence-electron chi connectivity index (χ0n) is 12.4. The van der Waals surface area contributed by atoms with Crippen LogP contribution < -0.4 is 5.32 Å². The van der Waals surface area contributed by atoms with E-state index >= 15 is 0 Å². The van der Waals surface area contributed by atoms with Crippen molar-refractivity contribution in [1.29, 1.82) is 0 Å². The van der Waals surface area contributed by atoms with E-state index in [2.05, 4.69) is 10.3 Å². The predicted molar refractivity (Wildman–Crippen MR) is 83.0 cm³/mol. The minimum Gasteiger partial charge on any atom is -0.508 e. The monoisotopic (exact) mass is 300 g/mol. The lowest BCUT2D eigenvalue weighted by molar-refractivity contribution is -0.134. The highest BCUT2D eigenvalue weighted by Crippen LogP contribution is 2.42. The van der Waals surface area contributed by atoms with Gasteiger partial charge in [0.2, 0.25) is 0 Å². The number of hydrogen-bond acceptors (Lipinski definition) is 3. The third-order valence-electron chi connectivity index (χ3n) is 4.94. The molecule has 1 atom stereocenters. The standard InChI is InChI=1S/C17H20N2O3/c20-13-2-3-14-11(8-13)9-15(19-14)16(21)18-12-4-7-22-17(10-12)5-1-6-17/h2-3,8-9,12,19-20H,1,4-7,10H2,(H,18,21). The fraction of sp³-hybridized carbons (Fsp3) is 0.471. The van der Waals surface area contributed by atoms with Crippen LogP contribution in [-0.4, -0.2) is 34.2 Å². The second kappa shape index (κ2) is 5.02. The summed E-state index contributed by atoms with van der Waals surface area (Å²) in [5.74, 6) is 0.117. The van der Waals surface area contributed by atoms with Gasteiger partial charge in [0.1, 0.15) is 11.4 Å². The quantitative estimate of drug-likeness (QED) is 0.798. The number of ether oxygens (including phenoxy) is 1. The molecular weight excluding hydrogens is 280 g/mol. The summed E-state index contributed by atoms with van der Waals surface area (Å²) >= 11 is 0. The molecule has 1 saturated carbocycles. The number of nitrogens with one attached hydrogen (secondary N) is 2. The maximum atomic E-state index is 12.4. The molecule has 4 rings (SSSR count). The molecular formula is C17H20N2O3. The SMILES string of the molecule is O=C(NC1CCOC2(CCC2)C1)c1cc2cc(O)ccc2[nH]1. The Morgan fingerprint density at radius 3 is 3.00 bits per heavy atom. The Morgan fingerprint density at radius 1 is 1.36 bits per heavy atom. The highest BCUT2D eigenvalue weighted by molar-refractivity contribution is 5.98. The minimum absolute atomic E-state index is 0.0302. The van der Waals surface area contributed by atoms with Crippen LogP contribution in [-0.2, 0) is 4.74 Å². The van der Waals surface area contributed by atoms with E-state index in [1.54, 1.807) is 24.3 Å². The Bertz CT molecular complexity index is 718. The number of aromatic amines is 1. The lowest BCUT2D eigenvalue weighted by atomic mass is 9.74. The Balaban J connectivity index is 1.48. The van der Waals surface area contributed by atoms with Crippen molar-refractivity contribution in [3.63, 3.8) is 0 Å².